The fourth-order valence-electron chi connectivity index (χ4n) is 5.29. The van der Waals surface area contributed by atoms with Gasteiger partial charge in [-0.3, -0.25) is 4.90 Å². The Morgan fingerprint density at radius 1 is 1.18 bits per heavy atom. The van der Waals surface area contributed by atoms with Crippen LogP contribution in [0.2, 0.25) is 0 Å². The normalized spacial score (nSPS) is 22.7. The number of hydrogen-bond acceptors (Lipinski definition) is 5. The Kier molecular flexibility index (Phi) is 7.62. The molecule has 0 radical (unpaired) electrons. The lowest BCUT2D eigenvalue weighted by molar-refractivity contribution is -0.200. The third-order valence-electron chi connectivity index (χ3n) is 7.48. The van der Waals surface area contributed by atoms with Gasteiger partial charge in [0, 0.05) is 43.6 Å². The molecule has 190 valence electrons. The second-order valence-corrected chi connectivity index (χ2v) is 9.84. The molecule has 1 spiro atoms. The van der Waals surface area contributed by atoms with Crippen molar-refractivity contribution in [2.24, 2.45) is 0 Å². The largest absolute Gasteiger partial charge is 0.490 e. The van der Waals surface area contributed by atoms with Crippen LogP contribution < -0.4 is 4.74 Å². The van der Waals surface area contributed by atoms with Gasteiger partial charge in [0.05, 0.1) is 13.2 Å². The molecule has 3 fully saturated rings. The number of carbonyl (C=O) groups is 1. The molecule has 0 bridgehead atoms. The highest BCUT2D eigenvalue weighted by Crippen LogP contribution is 2.40. The quantitative estimate of drug-likeness (QED) is 0.584. The van der Waals surface area contributed by atoms with Crippen LogP contribution >= 0.6 is 0 Å². The summed E-state index contributed by atoms with van der Waals surface area (Å²) < 4.78 is 54.8. The van der Waals surface area contributed by atoms with Gasteiger partial charge in [0.15, 0.2) is 6.10 Å². The van der Waals surface area contributed by atoms with Crippen LogP contribution in [0.5, 0.6) is 5.75 Å². The summed E-state index contributed by atoms with van der Waals surface area (Å²) in [6.07, 6.45) is -2.05. The summed E-state index contributed by atoms with van der Waals surface area (Å²) in [5, 5.41) is 0. The number of likely N-dealkylation sites (tertiary alicyclic amines) is 2. The van der Waals surface area contributed by atoms with E-state index in [1.165, 1.54) is 4.90 Å². The number of carbonyl (C=O) groups excluding carboxylic acids is 1. The maximum atomic E-state index is 12.8. The van der Waals surface area contributed by atoms with Crippen molar-refractivity contribution in [2.45, 2.75) is 82.8 Å². The van der Waals surface area contributed by atoms with Crippen molar-refractivity contribution in [1.29, 1.82) is 0 Å². The lowest BCUT2D eigenvalue weighted by Gasteiger charge is -2.45. The van der Waals surface area contributed by atoms with Crippen LogP contribution in [0, 0.1) is 6.92 Å². The number of aryl methyl sites for hydroxylation is 1. The van der Waals surface area contributed by atoms with E-state index in [-0.39, 0.29) is 11.6 Å². The molecular formula is C25H35F3N2O4. The van der Waals surface area contributed by atoms with Gasteiger partial charge < -0.3 is 19.1 Å². The molecule has 1 aromatic carbocycles. The smallest absolute Gasteiger partial charge is 0.425 e. The number of piperidine rings is 1. The highest BCUT2D eigenvalue weighted by atomic mass is 19.4. The Morgan fingerprint density at radius 3 is 2.56 bits per heavy atom. The van der Waals surface area contributed by atoms with Gasteiger partial charge >= 0.3 is 12.3 Å². The van der Waals surface area contributed by atoms with E-state index in [2.05, 4.69) is 34.8 Å². The first-order chi connectivity index (χ1) is 16.2. The summed E-state index contributed by atoms with van der Waals surface area (Å²) >= 11 is 0. The number of amides is 1. The summed E-state index contributed by atoms with van der Waals surface area (Å²) in [6, 6.07) is 6.35. The van der Waals surface area contributed by atoms with Gasteiger partial charge in [-0.15, -0.1) is 0 Å². The molecule has 9 heteroatoms. The van der Waals surface area contributed by atoms with Crippen LogP contribution in [-0.4, -0.2) is 72.7 Å². The molecule has 1 aromatic rings. The molecule has 3 aliphatic heterocycles. The van der Waals surface area contributed by atoms with Crippen molar-refractivity contribution in [3.8, 4) is 5.75 Å². The number of rotatable bonds is 5. The van der Waals surface area contributed by atoms with Crippen LogP contribution in [0.25, 0.3) is 0 Å². The minimum absolute atomic E-state index is 0.0484. The summed E-state index contributed by atoms with van der Waals surface area (Å²) in [5.74, 6) is 0.927. The van der Waals surface area contributed by atoms with Gasteiger partial charge in [-0.1, -0.05) is 12.1 Å². The minimum Gasteiger partial charge on any atom is -0.490 e. The number of hydrogen-bond donors (Lipinski definition) is 0. The lowest BCUT2D eigenvalue weighted by Crippen LogP contribution is -2.53. The van der Waals surface area contributed by atoms with E-state index < -0.39 is 18.4 Å². The molecule has 0 aliphatic carbocycles. The Bertz CT molecular complexity index is 849. The topological polar surface area (TPSA) is 51.2 Å². The molecule has 3 heterocycles. The predicted octanol–water partition coefficient (Wildman–Crippen LogP) is 5.07. The first-order valence-electron chi connectivity index (χ1n) is 12.3. The molecule has 6 nitrogen and oxygen atoms in total. The molecule has 4 rings (SSSR count). The SMILES string of the molecule is Cc1ccc(CN2CCCC23CCN(C(=O)OC(C)C(F)(F)F)CC3)c(OC2CCOCC2)c1. The van der Waals surface area contributed by atoms with Gasteiger partial charge in [0.25, 0.3) is 0 Å². The maximum Gasteiger partial charge on any atom is 0.425 e. The fraction of sp³-hybridized carbons (Fsp3) is 0.720. The van der Waals surface area contributed by atoms with E-state index in [1.807, 2.05) is 0 Å². The zero-order chi connectivity index (χ0) is 24.3. The van der Waals surface area contributed by atoms with Gasteiger partial charge in [0.1, 0.15) is 11.9 Å². The molecule has 3 aliphatic rings. The summed E-state index contributed by atoms with van der Waals surface area (Å²) in [7, 11) is 0. The average Bonchev–Trinajstić information content (AvgIpc) is 3.17. The molecular weight excluding hydrogens is 449 g/mol. The number of halogens is 3. The highest BCUT2D eigenvalue weighted by molar-refractivity contribution is 5.68. The third-order valence-corrected chi connectivity index (χ3v) is 7.48. The lowest BCUT2D eigenvalue weighted by atomic mass is 9.85. The number of nitrogens with zero attached hydrogens (tertiary/aromatic N) is 2. The van der Waals surface area contributed by atoms with E-state index in [0.29, 0.717) is 13.1 Å². The van der Waals surface area contributed by atoms with Crippen molar-refractivity contribution in [3.05, 3.63) is 29.3 Å². The van der Waals surface area contributed by atoms with E-state index in [4.69, 9.17) is 9.47 Å². The molecule has 0 saturated carbocycles. The second-order valence-electron chi connectivity index (χ2n) is 9.84. The van der Waals surface area contributed by atoms with Crippen LogP contribution in [0.1, 0.15) is 56.6 Å². The maximum absolute atomic E-state index is 12.8. The Balaban J connectivity index is 1.39. The third kappa shape index (κ3) is 5.79. The molecule has 1 amide bonds. The van der Waals surface area contributed by atoms with Gasteiger partial charge in [-0.25, -0.2) is 4.79 Å². The molecule has 1 atom stereocenters. The zero-order valence-corrected chi connectivity index (χ0v) is 20.0. The molecule has 0 aromatic heterocycles. The number of ether oxygens (including phenoxy) is 3. The fourth-order valence-corrected chi connectivity index (χ4v) is 5.29. The number of benzene rings is 1. The van der Waals surface area contributed by atoms with E-state index >= 15 is 0 Å². The van der Waals surface area contributed by atoms with Crippen LogP contribution in [-0.2, 0) is 16.0 Å². The summed E-state index contributed by atoms with van der Waals surface area (Å²) in [4.78, 5) is 16.2. The Hall–Kier alpha value is -2.00. The second kappa shape index (κ2) is 10.3. The molecule has 3 saturated heterocycles. The minimum atomic E-state index is -4.55. The van der Waals surface area contributed by atoms with E-state index in [1.54, 1.807) is 0 Å². The van der Waals surface area contributed by atoms with Crippen LogP contribution in [0.15, 0.2) is 18.2 Å². The Morgan fingerprint density at radius 2 is 1.88 bits per heavy atom. The van der Waals surface area contributed by atoms with Gasteiger partial charge in [-0.2, -0.15) is 13.2 Å². The Labute approximate surface area is 199 Å². The van der Waals surface area contributed by atoms with Crippen molar-refractivity contribution in [2.75, 3.05) is 32.8 Å². The first kappa shape index (κ1) is 25.1. The van der Waals surface area contributed by atoms with Crippen LogP contribution in [0.4, 0.5) is 18.0 Å². The van der Waals surface area contributed by atoms with Crippen molar-refractivity contribution >= 4 is 6.09 Å². The van der Waals surface area contributed by atoms with Crippen molar-refractivity contribution in [1.82, 2.24) is 9.80 Å². The summed E-state index contributed by atoms with van der Waals surface area (Å²) in [5.41, 5.74) is 2.26. The molecule has 0 N–H and O–H groups in total. The van der Waals surface area contributed by atoms with Gasteiger partial charge in [-0.05, 0) is 57.7 Å². The predicted molar refractivity (Wildman–Crippen MR) is 121 cm³/mol. The zero-order valence-electron chi connectivity index (χ0n) is 20.0. The highest BCUT2D eigenvalue weighted by Gasteiger charge is 2.45. The monoisotopic (exact) mass is 484 g/mol. The van der Waals surface area contributed by atoms with Crippen LogP contribution in [0.3, 0.4) is 0 Å². The van der Waals surface area contributed by atoms with E-state index in [9.17, 15) is 18.0 Å². The average molecular weight is 485 g/mol. The van der Waals surface area contributed by atoms with Gasteiger partial charge in [0.2, 0.25) is 0 Å². The molecule has 34 heavy (non-hydrogen) atoms. The van der Waals surface area contributed by atoms with E-state index in [0.717, 1.165) is 88.6 Å². The first-order valence-corrected chi connectivity index (χ1v) is 12.3. The van der Waals surface area contributed by atoms with Crippen molar-refractivity contribution < 1.29 is 32.2 Å². The number of alkyl halides is 3. The molecule has 1 unspecified atom stereocenters. The summed E-state index contributed by atoms with van der Waals surface area (Å²) in [6.45, 7) is 6.90. The van der Waals surface area contributed by atoms with Crippen molar-refractivity contribution in [3.63, 3.8) is 0 Å². The standard InChI is InChI=1S/C25H35F3N2O4/c1-18-4-5-20(22(16-18)34-21-6-14-32-15-7-21)17-30-11-3-8-24(30)9-12-29(13-10-24)23(31)33-19(2)25(26,27)28/h4-5,16,19,21H,3,6-15,17H2,1-2H3.